The van der Waals surface area contributed by atoms with E-state index in [2.05, 4.69) is 0 Å². The molecule has 10 heavy (non-hydrogen) atoms. The molecule has 54 valence electrons. The number of hydrogen-bond donors (Lipinski definition) is 0. The molecule has 0 saturated carbocycles. The van der Waals surface area contributed by atoms with Crippen molar-refractivity contribution in [2.45, 2.75) is 4.90 Å². The molecule has 1 rings (SSSR count). The average molecular weight is 193 g/mol. The van der Waals surface area contributed by atoms with Crippen molar-refractivity contribution in [2.75, 3.05) is 6.26 Å². The Balaban J connectivity index is 3.06. The number of benzene rings is 1. The fourth-order valence-corrected chi connectivity index (χ4v) is 1.79. The van der Waals surface area contributed by atoms with Crippen LogP contribution in [0.2, 0.25) is 10.0 Å². The molecule has 0 fully saturated rings. The van der Waals surface area contributed by atoms with Crippen molar-refractivity contribution in [3.8, 4) is 0 Å². The van der Waals surface area contributed by atoms with Gasteiger partial charge >= 0.3 is 0 Å². The van der Waals surface area contributed by atoms with Crippen molar-refractivity contribution in [2.24, 2.45) is 0 Å². The van der Waals surface area contributed by atoms with Gasteiger partial charge in [0.2, 0.25) is 0 Å². The van der Waals surface area contributed by atoms with Crippen molar-refractivity contribution >= 4 is 35.0 Å². The Morgan fingerprint density at radius 3 is 2.00 bits per heavy atom. The van der Waals surface area contributed by atoms with Gasteiger partial charge in [0.1, 0.15) is 0 Å². The Morgan fingerprint density at radius 1 is 1.10 bits per heavy atom. The first-order valence-corrected chi connectivity index (χ1v) is 4.70. The van der Waals surface area contributed by atoms with Gasteiger partial charge in [-0.1, -0.05) is 23.2 Å². The van der Waals surface area contributed by atoms with Crippen LogP contribution < -0.4 is 0 Å². The van der Waals surface area contributed by atoms with Gasteiger partial charge in [0.25, 0.3) is 0 Å². The maximum absolute atomic E-state index is 5.73. The maximum Gasteiger partial charge on any atom is 0.0431 e. The van der Waals surface area contributed by atoms with Crippen LogP contribution in [0.25, 0.3) is 0 Å². The molecule has 0 amide bonds. The smallest absolute Gasteiger partial charge is 0.0431 e. The quantitative estimate of drug-likeness (QED) is 0.612. The molecule has 0 nitrogen and oxygen atoms in total. The number of hydrogen-bond acceptors (Lipinski definition) is 1. The lowest BCUT2D eigenvalue weighted by Gasteiger charge is -1.96. The van der Waals surface area contributed by atoms with Gasteiger partial charge in [0.15, 0.2) is 0 Å². The zero-order valence-electron chi connectivity index (χ0n) is 5.40. The number of rotatable bonds is 1. The van der Waals surface area contributed by atoms with E-state index in [1.54, 1.807) is 17.8 Å². The van der Waals surface area contributed by atoms with Gasteiger partial charge in [0, 0.05) is 14.9 Å². The third-order valence-electron chi connectivity index (χ3n) is 1.07. The largest absolute Gasteiger partial charge is 0.129 e. The van der Waals surface area contributed by atoms with Crippen LogP contribution in [-0.4, -0.2) is 6.26 Å². The second-order valence-corrected chi connectivity index (χ2v) is 3.56. The molecule has 0 heterocycles. The summed E-state index contributed by atoms with van der Waals surface area (Å²) < 4.78 is 0. The summed E-state index contributed by atoms with van der Waals surface area (Å²) in [6.07, 6.45) is 1.99. The molecule has 0 radical (unpaired) electrons. The summed E-state index contributed by atoms with van der Waals surface area (Å²) in [7, 11) is 0. The highest BCUT2D eigenvalue weighted by Crippen LogP contribution is 2.24. The molecule has 0 bridgehead atoms. The summed E-state index contributed by atoms with van der Waals surface area (Å²) >= 11 is 13.1. The molecule has 3 heteroatoms. The predicted octanol–water partition coefficient (Wildman–Crippen LogP) is 3.72. The molecule has 1 aromatic carbocycles. The second kappa shape index (κ2) is 3.51. The first-order valence-electron chi connectivity index (χ1n) is 2.72. The molecule has 0 spiro atoms. The van der Waals surface area contributed by atoms with Crippen molar-refractivity contribution in [1.29, 1.82) is 0 Å². The van der Waals surface area contributed by atoms with E-state index in [0.717, 1.165) is 4.90 Å². The van der Waals surface area contributed by atoms with Gasteiger partial charge in [-0.05, 0) is 24.5 Å². The first kappa shape index (κ1) is 8.25. The minimum Gasteiger partial charge on any atom is -0.129 e. The van der Waals surface area contributed by atoms with Gasteiger partial charge < -0.3 is 0 Å². The lowest BCUT2D eigenvalue weighted by atomic mass is 10.4. The zero-order chi connectivity index (χ0) is 7.56. The van der Waals surface area contributed by atoms with Crippen LogP contribution in [0, 0.1) is 0 Å². The van der Waals surface area contributed by atoms with E-state index >= 15 is 0 Å². The molecule has 0 N–H and O–H groups in total. The van der Waals surface area contributed by atoms with Crippen LogP contribution in [-0.2, 0) is 0 Å². The van der Waals surface area contributed by atoms with Gasteiger partial charge in [-0.25, -0.2) is 0 Å². The lowest BCUT2D eigenvalue weighted by Crippen LogP contribution is -1.70. The highest BCUT2D eigenvalue weighted by molar-refractivity contribution is 7.98. The standard InChI is InChI=1S/C7H6Cl2S/c1-10-7-3-5(8)2-6(9)4-7/h2-4H,1H3. The zero-order valence-corrected chi connectivity index (χ0v) is 7.72. The highest BCUT2D eigenvalue weighted by atomic mass is 35.5. The van der Waals surface area contributed by atoms with Crippen LogP contribution >= 0.6 is 35.0 Å². The highest BCUT2D eigenvalue weighted by Gasteiger charge is 1.94. The molecule has 0 unspecified atom stereocenters. The fraction of sp³-hybridized carbons (Fsp3) is 0.143. The van der Waals surface area contributed by atoms with Crippen molar-refractivity contribution < 1.29 is 0 Å². The monoisotopic (exact) mass is 192 g/mol. The van der Waals surface area contributed by atoms with Crippen LogP contribution in [0.5, 0.6) is 0 Å². The van der Waals surface area contributed by atoms with Crippen LogP contribution in [0.15, 0.2) is 23.1 Å². The summed E-state index contributed by atoms with van der Waals surface area (Å²) in [5, 5.41) is 1.38. The van der Waals surface area contributed by atoms with Crippen molar-refractivity contribution in [1.82, 2.24) is 0 Å². The van der Waals surface area contributed by atoms with Crippen LogP contribution in [0.4, 0.5) is 0 Å². The Kier molecular flexibility index (Phi) is 2.90. The maximum atomic E-state index is 5.73. The minimum absolute atomic E-state index is 0.692. The van der Waals surface area contributed by atoms with Crippen LogP contribution in [0.1, 0.15) is 0 Å². The molecule has 0 saturated heterocycles. The van der Waals surface area contributed by atoms with E-state index in [-0.39, 0.29) is 0 Å². The fourth-order valence-electron chi connectivity index (χ4n) is 0.646. The third kappa shape index (κ3) is 2.08. The van der Waals surface area contributed by atoms with Crippen LogP contribution in [0.3, 0.4) is 0 Å². The lowest BCUT2D eigenvalue weighted by molar-refractivity contribution is 1.47. The Morgan fingerprint density at radius 2 is 1.60 bits per heavy atom. The topological polar surface area (TPSA) is 0 Å². The average Bonchev–Trinajstić information content (AvgIpc) is 1.85. The van der Waals surface area contributed by atoms with E-state index in [4.69, 9.17) is 23.2 Å². The molecule has 0 atom stereocenters. The van der Waals surface area contributed by atoms with E-state index in [9.17, 15) is 0 Å². The summed E-state index contributed by atoms with van der Waals surface area (Å²) in [4.78, 5) is 1.09. The molecule has 1 aromatic rings. The van der Waals surface area contributed by atoms with Crippen molar-refractivity contribution in [3.05, 3.63) is 28.2 Å². The minimum atomic E-state index is 0.692. The molecule has 0 aliphatic rings. The third-order valence-corrected chi connectivity index (χ3v) is 2.22. The Labute approximate surface area is 74.5 Å². The summed E-state index contributed by atoms with van der Waals surface area (Å²) in [5.74, 6) is 0. The Bertz CT molecular complexity index is 215. The first-order chi connectivity index (χ1) is 4.72. The van der Waals surface area contributed by atoms with Crippen molar-refractivity contribution in [3.63, 3.8) is 0 Å². The SMILES string of the molecule is CSc1cc(Cl)cc(Cl)c1. The summed E-state index contributed by atoms with van der Waals surface area (Å²) in [6.45, 7) is 0. The molecular weight excluding hydrogens is 187 g/mol. The predicted molar refractivity (Wildman–Crippen MR) is 48.2 cm³/mol. The van der Waals surface area contributed by atoms with Gasteiger partial charge in [0.05, 0.1) is 0 Å². The van der Waals surface area contributed by atoms with E-state index in [1.165, 1.54) is 0 Å². The Hall–Kier alpha value is 0.150. The van der Waals surface area contributed by atoms with Gasteiger partial charge in [-0.3, -0.25) is 0 Å². The number of thioether (sulfide) groups is 1. The second-order valence-electron chi connectivity index (χ2n) is 1.81. The molecule has 0 aromatic heterocycles. The summed E-state index contributed by atoms with van der Waals surface area (Å²) in [6, 6.07) is 5.50. The molecular formula is C7H6Cl2S. The normalized spacial score (nSPS) is 9.90. The molecule has 0 aliphatic heterocycles. The summed E-state index contributed by atoms with van der Waals surface area (Å²) in [5.41, 5.74) is 0. The van der Waals surface area contributed by atoms with E-state index in [0.29, 0.717) is 10.0 Å². The van der Waals surface area contributed by atoms with Gasteiger partial charge in [-0.15, -0.1) is 11.8 Å². The number of halogens is 2. The van der Waals surface area contributed by atoms with Gasteiger partial charge in [-0.2, -0.15) is 0 Å². The van der Waals surface area contributed by atoms with E-state index < -0.39 is 0 Å². The molecule has 0 aliphatic carbocycles. The van der Waals surface area contributed by atoms with E-state index in [1.807, 2.05) is 18.4 Å².